The molecule has 2 amide bonds. The number of fused-ring (bicyclic) bond motifs is 1. The van der Waals surface area contributed by atoms with E-state index in [1.54, 1.807) is 30.5 Å². The molecule has 2 aromatic rings. The molecular formula is C21H26Cl2N4O2. The van der Waals surface area contributed by atoms with Crippen molar-refractivity contribution < 1.29 is 9.59 Å². The molecular weight excluding hydrogens is 411 g/mol. The first-order valence-corrected chi connectivity index (χ1v) is 9.52. The van der Waals surface area contributed by atoms with Crippen LogP contribution in [0.3, 0.4) is 0 Å². The average Bonchev–Trinajstić information content (AvgIpc) is 3.15. The fraction of sp³-hybridized carbons (Fsp3) is 0.381. The van der Waals surface area contributed by atoms with Crippen molar-refractivity contribution in [1.82, 2.24) is 10.3 Å². The molecule has 0 bridgehead atoms. The normalized spacial score (nSPS) is 22.4. The molecule has 1 aromatic heterocycles. The first-order chi connectivity index (χ1) is 13.2. The zero-order valence-electron chi connectivity index (χ0n) is 16.0. The third kappa shape index (κ3) is 4.89. The maximum absolute atomic E-state index is 13.0. The van der Waals surface area contributed by atoms with E-state index >= 15 is 0 Å². The maximum Gasteiger partial charge on any atom is 0.256 e. The zero-order chi connectivity index (χ0) is 18.7. The highest BCUT2D eigenvalue weighted by molar-refractivity contribution is 6.03. The van der Waals surface area contributed by atoms with Crippen LogP contribution in [0.2, 0.25) is 0 Å². The quantitative estimate of drug-likeness (QED) is 0.678. The SMILES string of the molecule is Cl.Cl.O=C(Nc1ccc(NC(=O)[C@@]23CCCC[C@H]2CNC3)cn1)c1ccccc1. The molecule has 2 fully saturated rings. The van der Waals surface area contributed by atoms with E-state index in [0.29, 0.717) is 23.0 Å². The minimum Gasteiger partial charge on any atom is -0.324 e. The number of carbonyl (C=O) groups excluding carboxylic acids is 2. The van der Waals surface area contributed by atoms with Crippen LogP contribution in [0.25, 0.3) is 0 Å². The fourth-order valence-electron chi connectivity index (χ4n) is 4.27. The summed E-state index contributed by atoms with van der Waals surface area (Å²) >= 11 is 0. The summed E-state index contributed by atoms with van der Waals surface area (Å²) in [6, 6.07) is 12.5. The highest BCUT2D eigenvalue weighted by Crippen LogP contribution is 2.44. The standard InChI is InChI=1S/C21H24N4O2.2ClH/c26-19(15-6-2-1-3-7-15)25-18-10-9-17(13-23-18)24-20(27)21-11-5-4-8-16(21)12-22-14-21;;/h1-3,6-7,9-10,13,16,22H,4-5,8,11-12,14H2,(H,24,27)(H,23,25,26);2*1H/t16-,21+;;/m0../s1. The number of anilines is 2. The summed E-state index contributed by atoms with van der Waals surface area (Å²) in [5, 5.41) is 9.19. The Labute approximate surface area is 183 Å². The van der Waals surface area contributed by atoms with Crippen molar-refractivity contribution in [3.05, 3.63) is 54.2 Å². The molecule has 3 N–H and O–H groups in total. The van der Waals surface area contributed by atoms with Gasteiger partial charge < -0.3 is 16.0 Å². The van der Waals surface area contributed by atoms with Gasteiger partial charge in [-0.25, -0.2) is 4.98 Å². The van der Waals surface area contributed by atoms with Gasteiger partial charge in [-0.3, -0.25) is 9.59 Å². The molecule has 1 saturated carbocycles. The minimum absolute atomic E-state index is 0. The fourth-order valence-corrected chi connectivity index (χ4v) is 4.27. The van der Waals surface area contributed by atoms with Crippen LogP contribution in [0, 0.1) is 11.3 Å². The van der Waals surface area contributed by atoms with Crippen LogP contribution in [-0.2, 0) is 4.79 Å². The number of carbonyl (C=O) groups is 2. The first kappa shape index (κ1) is 23.1. The van der Waals surface area contributed by atoms with Gasteiger partial charge in [-0.2, -0.15) is 0 Å². The Morgan fingerprint density at radius 1 is 1.03 bits per heavy atom. The molecule has 1 aliphatic carbocycles. The Morgan fingerprint density at radius 3 is 2.55 bits per heavy atom. The van der Waals surface area contributed by atoms with Crippen LogP contribution < -0.4 is 16.0 Å². The van der Waals surface area contributed by atoms with E-state index in [1.807, 2.05) is 18.2 Å². The topological polar surface area (TPSA) is 83.1 Å². The Bertz CT molecular complexity index is 832. The van der Waals surface area contributed by atoms with Gasteiger partial charge in [0.2, 0.25) is 5.91 Å². The number of hydrogen-bond acceptors (Lipinski definition) is 4. The summed E-state index contributed by atoms with van der Waals surface area (Å²) in [5.41, 5.74) is 0.939. The average molecular weight is 437 g/mol. The van der Waals surface area contributed by atoms with Crippen molar-refractivity contribution in [2.75, 3.05) is 23.7 Å². The number of nitrogens with one attached hydrogen (secondary N) is 3. The molecule has 0 radical (unpaired) electrons. The molecule has 6 nitrogen and oxygen atoms in total. The Kier molecular flexibility index (Phi) is 8.02. The summed E-state index contributed by atoms with van der Waals surface area (Å²) in [5.74, 6) is 0.752. The van der Waals surface area contributed by atoms with Crippen molar-refractivity contribution >= 4 is 48.1 Å². The predicted octanol–water partition coefficient (Wildman–Crippen LogP) is 3.90. The Hall–Kier alpha value is -2.15. The second kappa shape index (κ2) is 10.1. The molecule has 29 heavy (non-hydrogen) atoms. The smallest absolute Gasteiger partial charge is 0.256 e. The van der Waals surface area contributed by atoms with Crippen LogP contribution in [-0.4, -0.2) is 29.9 Å². The van der Waals surface area contributed by atoms with Crippen molar-refractivity contribution in [2.45, 2.75) is 25.7 Å². The summed E-state index contributed by atoms with van der Waals surface area (Å²) in [7, 11) is 0. The molecule has 0 unspecified atom stereocenters. The lowest BCUT2D eigenvalue weighted by molar-refractivity contribution is -0.128. The summed E-state index contributed by atoms with van der Waals surface area (Å²) in [4.78, 5) is 29.4. The van der Waals surface area contributed by atoms with Crippen molar-refractivity contribution in [2.24, 2.45) is 11.3 Å². The monoisotopic (exact) mass is 436 g/mol. The highest BCUT2D eigenvalue weighted by atomic mass is 35.5. The zero-order valence-corrected chi connectivity index (χ0v) is 17.7. The summed E-state index contributed by atoms with van der Waals surface area (Å²) in [6.07, 6.45) is 5.96. The number of rotatable bonds is 4. The van der Waals surface area contributed by atoms with E-state index in [-0.39, 0.29) is 42.0 Å². The summed E-state index contributed by atoms with van der Waals surface area (Å²) < 4.78 is 0. The number of amides is 2. The lowest BCUT2D eigenvalue weighted by Crippen LogP contribution is -2.44. The van der Waals surface area contributed by atoms with E-state index in [9.17, 15) is 9.59 Å². The Balaban J connectivity index is 0.00000150. The van der Waals surface area contributed by atoms with Gasteiger partial charge in [0.1, 0.15) is 5.82 Å². The van der Waals surface area contributed by atoms with Crippen molar-refractivity contribution in [1.29, 1.82) is 0 Å². The third-order valence-electron chi connectivity index (χ3n) is 5.79. The lowest BCUT2D eigenvalue weighted by atomic mass is 9.67. The molecule has 4 rings (SSSR count). The largest absolute Gasteiger partial charge is 0.324 e. The van der Waals surface area contributed by atoms with Crippen LogP contribution in [0.5, 0.6) is 0 Å². The van der Waals surface area contributed by atoms with Gasteiger partial charge >= 0.3 is 0 Å². The highest BCUT2D eigenvalue weighted by Gasteiger charge is 2.49. The van der Waals surface area contributed by atoms with Gasteiger partial charge in [0, 0.05) is 12.1 Å². The molecule has 1 aliphatic heterocycles. The van der Waals surface area contributed by atoms with E-state index in [1.165, 1.54) is 6.42 Å². The number of halogens is 2. The molecule has 8 heteroatoms. The molecule has 0 spiro atoms. The maximum atomic E-state index is 13.0. The van der Waals surface area contributed by atoms with Crippen molar-refractivity contribution in [3.63, 3.8) is 0 Å². The first-order valence-electron chi connectivity index (χ1n) is 9.52. The van der Waals surface area contributed by atoms with Gasteiger partial charge in [-0.15, -0.1) is 24.8 Å². The number of benzene rings is 1. The number of hydrogen-bond donors (Lipinski definition) is 3. The van der Waals surface area contributed by atoms with E-state index < -0.39 is 0 Å². The number of aromatic nitrogens is 1. The van der Waals surface area contributed by atoms with Crippen LogP contribution in [0.15, 0.2) is 48.7 Å². The molecule has 156 valence electrons. The van der Waals surface area contributed by atoms with E-state index in [2.05, 4.69) is 20.9 Å². The number of nitrogens with zero attached hydrogens (tertiary/aromatic N) is 1. The van der Waals surface area contributed by atoms with Gasteiger partial charge in [0.25, 0.3) is 5.91 Å². The summed E-state index contributed by atoms with van der Waals surface area (Å²) in [6.45, 7) is 1.68. The molecule has 1 aromatic carbocycles. The Morgan fingerprint density at radius 2 is 1.83 bits per heavy atom. The third-order valence-corrected chi connectivity index (χ3v) is 5.79. The van der Waals surface area contributed by atoms with Gasteiger partial charge in [0.05, 0.1) is 17.3 Å². The molecule has 2 aliphatic rings. The van der Waals surface area contributed by atoms with Crippen LogP contribution in [0.4, 0.5) is 11.5 Å². The number of pyridine rings is 1. The van der Waals surface area contributed by atoms with Gasteiger partial charge in [-0.05, 0) is 49.6 Å². The van der Waals surface area contributed by atoms with Crippen molar-refractivity contribution in [3.8, 4) is 0 Å². The lowest BCUT2D eigenvalue weighted by Gasteiger charge is -2.37. The van der Waals surface area contributed by atoms with E-state index in [4.69, 9.17) is 0 Å². The second-order valence-electron chi connectivity index (χ2n) is 7.44. The van der Waals surface area contributed by atoms with Gasteiger partial charge in [-0.1, -0.05) is 31.0 Å². The predicted molar refractivity (Wildman–Crippen MR) is 119 cm³/mol. The van der Waals surface area contributed by atoms with Crippen LogP contribution >= 0.6 is 24.8 Å². The molecule has 2 atom stereocenters. The molecule has 1 saturated heterocycles. The van der Waals surface area contributed by atoms with Gasteiger partial charge in [0.15, 0.2) is 0 Å². The second-order valence-corrected chi connectivity index (χ2v) is 7.44. The van der Waals surface area contributed by atoms with Crippen LogP contribution in [0.1, 0.15) is 36.0 Å². The minimum atomic E-state index is -0.293. The molecule has 2 heterocycles. The van der Waals surface area contributed by atoms with E-state index in [0.717, 1.165) is 32.4 Å².